The van der Waals surface area contributed by atoms with Crippen molar-refractivity contribution >= 4 is 5.97 Å². The standard InChI is InChI=1S/C20H30F3NO2/c1-5-6-7-10-15-11-8-9-12-16(15)13-19(24,14-20(21,22)23)17(25)26-18(2,3)4/h8-9,11-12H,5-7,10,13-14,24H2,1-4H3/t19-/m1/s1. The van der Waals surface area contributed by atoms with E-state index >= 15 is 0 Å². The number of hydrogen-bond donors (Lipinski definition) is 1. The van der Waals surface area contributed by atoms with Crippen LogP contribution in [-0.4, -0.2) is 23.3 Å². The molecule has 2 N–H and O–H groups in total. The highest BCUT2D eigenvalue weighted by atomic mass is 19.4. The Morgan fingerprint density at radius 2 is 1.65 bits per heavy atom. The van der Waals surface area contributed by atoms with E-state index in [2.05, 4.69) is 6.92 Å². The fraction of sp³-hybridized carbons (Fsp3) is 0.650. The Hall–Kier alpha value is -1.56. The lowest BCUT2D eigenvalue weighted by Crippen LogP contribution is -2.55. The van der Waals surface area contributed by atoms with Crippen LogP contribution in [0.1, 0.15) is 64.5 Å². The number of carbonyl (C=O) groups is 1. The van der Waals surface area contributed by atoms with E-state index in [9.17, 15) is 18.0 Å². The summed E-state index contributed by atoms with van der Waals surface area (Å²) in [5.74, 6) is -1.02. The van der Waals surface area contributed by atoms with Gasteiger partial charge in [0.2, 0.25) is 0 Å². The zero-order valence-corrected chi connectivity index (χ0v) is 16.1. The van der Waals surface area contributed by atoms with Crippen LogP contribution in [0, 0.1) is 0 Å². The van der Waals surface area contributed by atoms with Crippen molar-refractivity contribution in [3.05, 3.63) is 35.4 Å². The minimum absolute atomic E-state index is 0.205. The maximum Gasteiger partial charge on any atom is 0.391 e. The minimum Gasteiger partial charge on any atom is -0.459 e. The molecule has 0 saturated carbocycles. The second kappa shape index (κ2) is 8.89. The molecule has 1 aromatic carbocycles. The van der Waals surface area contributed by atoms with Crippen LogP contribution in [0.25, 0.3) is 0 Å². The van der Waals surface area contributed by atoms with Gasteiger partial charge < -0.3 is 10.5 Å². The molecule has 0 unspecified atom stereocenters. The first-order valence-corrected chi connectivity index (χ1v) is 9.02. The van der Waals surface area contributed by atoms with Crippen molar-refractivity contribution in [1.82, 2.24) is 0 Å². The van der Waals surface area contributed by atoms with Gasteiger partial charge in [-0.25, -0.2) is 0 Å². The molecule has 0 aliphatic carbocycles. The number of benzene rings is 1. The first-order valence-electron chi connectivity index (χ1n) is 9.02. The molecule has 148 valence electrons. The van der Waals surface area contributed by atoms with E-state index in [1.54, 1.807) is 32.9 Å². The molecule has 0 bridgehead atoms. The number of carbonyl (C=O) groups excluding carboxylic acids is 1. The summed E-state index contributed by atoms with van der Waals surface area (Å²) in [6, 6.07) is 7.22. The van der Waals surface area contributed by atoms with Gasteiger partial charge in [-0.15, -0.1) is 0 Å². The number of halogens is 3. The molecule has 0 radical (unpaired) electrons. The van der Waals surface area contributed by atoms with Crippen molar-refractivity contribution in [1.29, 1.82) is 0 Å². The summed E-state index contributed by atoms with van der Waals surface area (Å²) in [5, 5.41) is 0. The average Bonchev–Trinajstić information content (AvgIpc) is 2.45. The molecule has 0 fully saturated rings. The zero-order chi connectivity index (χ0) is 20.0. The number of hydrogen-bond acceptors (Lipinski definition) is 3. The van der Waals surface area contributed by atoms with Crippen LogP contribution in [0.3, 0.4) is 0 Å². The van der Waals surface area contributed by atoms with Gasteiger partial charge in [-0.3, -0.25) is 4.79 Å². The molecule has 0 heterocycles. The third-order valence-electron chi connectivity index (χ3n) is 4.00. The van der Waals surface area contributed by atoms with Gasteiger partial charge in [0.25, 0.3) is 0 Å². The summed E-state index contributed by atoms with van der Waals surface area (Å²) >= 11 is 0. The van der Waals surface area contributed by atoms with Crippen molar-refractivity contribution in [3.8, 4) is 0 Å². The van der Waals surface area contributed by atoms with Gasteiger partial charge in [-0.05, 0) is 44.7 Å². The van der Waals surface area contributed by atoms with Crippen molar-refractivity contribution in [2.45, 2.75) is 83.5 Å². The Morgan fingerprint density at radius 1 is 1.08 bits per heavy atom. The highest BCUT2D eigenvalue weighted by Crippen LogP contribution is 2.31. The second-order valence-corrected chi connectivity index (χ2v) is 7.85. The fourth-order valence-electron chi connectivity index (χ4n) is 2.82. The van der Waals surface area contributed by atoms with E-state index < -0.39 is 29.7 Å². The van der Waals surface area contributed by atoms with Crippen LogP contribution in [0.2, 0.25) is 0 Å². The molecule has 0 saturated heterocycles. The summed E-state index contributed by atoms with van der Waals surface area (Å²) in [7, 11) is 0. The predicted octanol–water partition coefficient (Wildman–Crippen LogP) is 4.95. The molecule has 26 heavy (non-hydrogen) atoms. The van der Waals surface area contributed by atoms with Crippen molar-refractivity contribution in [2.24, 2.45) is 5.73 Å². The molecular formula is C20H30F3NO2. The minimum atomic E-state index is -4.57. The summed E-state index contributed by atoms with van der Waals surface area (Å²) in [6.45, 7) is 6.91. The van der Waals surface area contributed by atoms with Gasteiger partial charge >= 0.3 is 12.1 Å². The zero-order valence-electron chi connectivity index (χ0n) is 16.1. The Morgan fingerprint density at radius 3 is 2.15 bits per heavy atom. The van der Waals surface area contributed by atoms with Crippen LogP contribution in [0.4, 0.5) is 13.2 Å². The molecule has 0 amide bonds. The van der Waals surface area contributed by atoms with Crippen molar-refractivity contribution in [2.75, 3.05) is 0 Å². The lowest BCUT2D eigenvalue weighted by atomic mass is 9.85. The van der Waals surface area contributed by atoms with E-state index in [0.717, 1.165) is 31.2 Å². The Bertz CT molecular complexity index is 593. The molecule has 1 aromatic rings. The first-order chi connectivity index (χ1) is 11.9. The van der Waals surface area contributed by atoms with Gasteiger partial charge in [-0.2, -0.15) is 13.2 Å². The van der Waals surface area contributed by atoms with E-state index in [1.165, 1.54) is 0 Å². The highest BCUT2D eigenvalue weighted by molar-refractivity contribution is 5.81. The largest absolute Gasteiger partial charge is 0.459 e. The van der Waals surface area contributed by atoms with Gasteiger partial charge in [0.1, 0.15) is 11.1 Å². The second-order valence-electron chi connectivity index (χ2n) is 7.85. The summed E-state index contributed by atoms with van der Waals surface area (Å²) in [5.41, 5.74) is 4.54. The topological polar surface area (TPSA) is 52.3 Å². The van der Waals surface area contributed by atoms with Crippen LogP contribution < -0.4 is 5.73 Å². The maximum atomic E-state index is 13.1. The highest BCUT2D eigenvalue weighted by Gasteiger charge is 2.47. The average molecular weight is 373 g/mol. The molecule has 0 aromatic heterocycles. The number of rotatable bonds is 8. The summed E-state index contributed by atoms with van der Waals surface area (Å²) in [6.07, 6.45) is -2.41. The number of unbranched alkanes of at least 4 members (excludes halogenated alkanes) is 2. The number of esters is 1. The molecule has 1 atom stereocenters. The van der Waals surface area contributed by atoms with Gasteiger partial charge in [0.15, 0.2) is 0 Å². The lowest BCUT2D eigenvalue weighted by molar-refractivity contribution is -0.179. The van der Waals surface area contributed by atoms with Crippen molar-refractivity contribution < 1.29 is 22.7 Å². The first kappa shape index (κ1) is 22.5. The predicted molar refractivity (Wildman–Crippen MR) is 96.8 cm³/mol. The Kier molecular flexibility index (Phi) is 7.69. The SMILES string of the molecule is CCCCCc1ccccc1C[C@@](N)(CC(F)(F)F)C(=O)OC(C)(C)C. The molecular weight excluding hydrogens is 343 g/mol. The van der Waals surface area contributed by atoms with E-state index in [4.69, 9.17) is 10.5 Å². The normalized spacial score (nSPS) is 14.8. The fourth-order valence-corrected chi connectivity index (χ4v) is 2.82. The molecule has 6 heteroatoms. The molecule has 0 aliphatic rings. The monoisotopic (exact) mass is 373 g/mol. The number of ether oxygens (including phenoxy) is 1. The van der Waals surface area contributed by atoms with Crippen LogP contribution >= 0.6 is 0 Å². The molecule has 1 rings (SSSR count). The van der Waals surface area contributed by atoms with E-state index in [1.807, 2.05) is 12.1 Å². The van der Waals surface area contributed by atoms with Gasteiger partial charge in [0.05, 0.1) is 6.42 Å². The van der Waals surface area contributed by atoms with Crippen LogP contribution in [-0.2, 0) is 22.4 Å². The Labute approximate surface area is 154 Å². The van der Waals surface area contributed by atoms with Crippen molar-refractivity contribution in [3.63, 3.8) is 0 Å². The Balaban J connectivity index is 3.11. The number of aryl methyl sites for hydroxylation is 1. The van der Waals surface area contributed by atoms with Gasteiger partial charge in [-0.1, -0.05) is 44.0 Å². The van der Waals surface area contributed by atoms with Gasteiger partial charge in [0, 0.05) is 6.42 Å². The molecule has 0 spiro atoms. The number of alkyl halides is 3. The summed E-state index contributed by atoms with van der Waals surface area (Å²) in [4.78, 5) is 12.5. The van der Waals surface area contributed by atoms with Crippen LogP contribution in [0.15, 0.2) is 24.3 Å². The van der Waals surface area contributed by atoms with E-state index in [-0.39, 0.29) is 6.42 Å². The quantitative estimate of drug-likeness (QED) is 0.518. The number of nitrogens with two attached hydrogens (primary N) is 1. The summed E-state index contributed by atoms with van der Waals surface area (Å²) < 4.78 is 44.5. The van der Waals surface area contributed by atoms with E-state index in [0.29, 0.717) is 5.56 Å². The smallest absolute Gasteiger partial charge is 0.391 e. The lowest BCUT2D eigenvalue weighted by Gasteiger charge is -2.32. The third kappa shape index (κ3) is 7.77. The molecule has 0 aliphatic heterocycles. The third-order valence-corrected chi connectivity index (χ3v) is 4.00. The molecule has 3 nitrogen and oxygen atoms in total. The van der Waals surface area contributed by atoms with Crippen LogP contribution in [0.5, 0.6) is 0 Å². The maximum absolute atomic E-state index is 13.1.